The lowest BCUT2D eigenvalue weighted by Gasteiger charge is -2.38. The fraction of sp³-hybridized carbons (Fsp3) is 0.684. The average Bonchev–Trinajstić information content (AvgIpc) is 2.45. The Balaban J connectivity index is 2.02. The van der Waals surface area contributed by atoms with Crippen molar-refractivity contribution in [2.75, 3.05) is 7.11 Å². The molecular formula is C19H29BrO. The van der Waals surface area contributed by atoms with E-state index >= 15 is 0 Å². The number of ether oxygens (including phenoxy) is 1. The van der Waals surface area contributed by atoms with Gasteiger partial charge < -0.3 is 4.74 Å². The molecule has 1 aromatic rings. The molecule has 0 radical (unpaired) electrons. The third-order valence-electron chi connectivity index (χ3n) is 5.15. The van der Waals surface area contributed by atoms with Crippen LogP contribution in [0.15, 0.2) is 18.2 Å². The lowest BCUT2D eigenvalue weighted by Crippen LogP contribution is -2.27. The molecule has 0 bridgehead atoms. The van der Waals surface area contributed by atoms with Crippen LogP contribution in [0.1, 0.15) is 62.4 Å². The molecule has 0 heterocycles. The van der Waals surface area contributed by atoms with Gasteiger partial charge in [0, 0.05) is 4.83 Å². The Morgan fingerprint density at radius 2 is 1.76 bits per heavy atom. The largest absolute Gasteiger partial charge is 0.496 e. The van der Waals surface area contributed by atoms with Crippen LogP contribution >= 0.6 is 15.9 Å². The van der Waals surface area contributed by atoms with Crippen molar-refractivity contribution >= 4 is 15.9 Å². The number of hydrogen-bond donors (Lipinski definition) is 0. The van der Waals surface area contributed by atoms with Crippen LogP contribution in [0.25, 0.3) is 0 Å². The van der Waals surface area contributed by atoms with Gasteiger partial charge in [0.15, 0.2) is 0 Å². The van der Waals surface area contributed by atoms with Crippen LogP contribution < -0.4 is 4.74 Å². The van der Waals surface area contributed by atoms with E-state index in [4.69, 9.17) is 4.74 Å². The van der Waals surface area contributed by atoms with Crippen LogP contribution in [0.5, 0.6) is 5.75 Å². The van der Waals surface area contributed by atoms with Crippen molar-refractivity contribution in [2.45, 2.75) is 58.2 Å². The summed E-state index contributed by atoms with van der Waals surface area (Å²) in [4.78, 5) is 0.475. The van der Waals surface area contributed by atoms with Gasteiger partial charge in [0.25, 0.3) is 0 Å². The lowest BCUT2D eigenvalue weighted by molar-refractivity contribution is 0.149. The van der Waals surface area contributed by atoms with E-state index in [9.17, 15) is 0 Å². The van der Waals surface area contributed by atoms with E-state index in [2.05, 4.69) is 61.8 Å². The van der Waals surface area contributed by atoms with Crippen molar-refractivity contribution < 1.29 is 4.74 Å². The summed E-state index contributed by atoms with van der Waals surface area (Å²) in [6, 6.07) is 6.58. The van der Waals surface area contributed by atoms with Crippen LogP contribution in [-0.4, -0.2) is 7.11 Å². The van der Waals surface area contributed by atoms with Gasteiger partial charge in [0.1, 0.15) is 5.75 Å². The van der Waals surface area contributed by atoms with Gasteiger partial charge in [-0.1, -0.05) is 48.8 Å². The number of rotatable bonds is 3. The van der Waals surface area contributed by atoms with E-state index in [1.165, 1.54) is 36.8 Å². The van der Waals surface area contributed by atoms with Gasteiger partial charge in [0.2, 0.25) is 0 Å². The molecule has 1 saturated carbocycles. The summed E-state index contributed by atoms with van der Waals surface area (Å²) >= 11 is 3.96. The van der Waals surface area contributed by atoms with Crippen molar-refractivity contribution in [1.82, 2.24) is 0 Å². The third kappa shape index (κ3) is 4.03. The second kappa shape index (κ2) is 6.73. The quantitative estimate of drug-likeness (QED) is 0.580. The second-order valence-corrected chi connectivity index (χ2v) is 8.60. The maximum atomic E-state index is 5.36. The van der Waals surface area contributed by atoms with Gasteiger partial charge in [0.05, 0.1) is 7.11 Å². The van der Waals surface area contributed by atoms with Crippen LogP contribution in [0.3, 0.4) is 0 Å². The van der Waals surface area contributed by atoms with Gasteiger partial charge >= 0.3 is 0 Å². The topological polar surface area (TPSA) is 9.23 Å². The summed E-state index contributed by atoms with van der Waals surface area (Å²) in [6.07, 6.45) is 5.41. The standard InChI is InChI=1S/C19H29BrO/c1-13-12-15(8-11-17(13)21-5)18(20)14-6-9-16(10-7-14)19(2,3)4/h8,11-12,14,16,18H,6-7,9-10H2,1-5H3. The first kappa shape index (κ1) is 16.9. The van der Waals surface area contributed by atoms with E-state index < -0.39 is 0 Å². The summed E-state index contributed by atoms with van der Waals surface area (Å²) < 4.78 is 5.36. The summed E-state index contributed by atoms with van der Waals surface area (Å²) in [6.45, 7) is 9.28. The number of halogens is 1. The molecule has 0 spiro atoms. The second-order valence-electron chi connectivity index (χ2n) is 7.61. The van der Waals surface area contributed by atoms with Crippen LogP contribution in [-0.2, 0) is 0 Å². The van der Waals surface area contributed by atoms with Crippen molar-refractivity contribution in [3.8, 4) is 5.75 Å². The molecule has 1 fully saturated rings. The SMILES string of the molecule is COc1ccc(C(Br)C2CCC(C(C)(C)C)CC2)cc1C. The molecule has 2 rings (SSSR count). The minimum atomic E-state index is 0.462. The molecule has 1 unspecified atom stereocenters. The van der Waals surface area contributed by atoms with Crippen LogP contribution in [0.2, 0.25) is 0 Å². The molecule has 1 aromatic carbocycles. The highest BCUT2D eigenvalue weighted by Crippen LogP contribution is 2.46. The summed E-state index contributed by atoms with van der Waals surface area (Å²) in [5, 5.41) is 0. The van der Waals surface area contributed by atoms with E-state index in [1.807, 2.05) is 0 Å². The summed E-state index contributed by atoms with van der Waals surface area (Å²) in [5.74, 6) is 2.62. The van der Waals surface area contributed by atoms with Gasteiger partial charge in [-0.05, 0) is 67.1 Å². The van der Waals surface area contributed by atoms with Gasteiger partial charge in [-0.25, -0.2) is 0 Å². The molecule has 0 saturated heterocycles. The smallest absolute Gasteiger partial charge is 0.121 e. The highest BCUT2D eigenvalue weighted by Gasteiger charge is 2.32. The Morgan fingerprint density at radius 1 is 1.14 bits per heavy atom. The van der Waals surface area contributed by atoms with E-state index in [-0.39, 0.29) is 0 Å². The minimum absolute atomic E-state index is 0.462. The zero-order chi connectivity index (χ0) is 15.6. The Hall–Kier alpha value is -0.500. The van der Waals surface area contributed by atoms with Crippen molar-refractivity contribution in [3.05, 3.63) is 29.3 Å². The minimum Gasteiger partial charge on any atom is -0.496 e. The number of benzene rings is 1. The first-order valence-electron chi connectivity index (χ1n) is 8.11. The lowest BCUT2D eigenvalue weighted by atomic mass is 9.69. The molecule has 1 nitrogen and oxygen atoms in total. The van der Waals surface area contributed by atoms with E-state index in [0.717, 1.165) is 17.6 Å². The predicted octanol–water partition coefficient (Wildman–Crippen LogP) is 6.29. The molecule has 1 aliphatic rings. The van der Waals surface area contributed by atoms with Gasteiger partial charge in [-0.2, -0.15) is 0 Å². The highest BCUT2D eigenvalue weighted by molar-refractivity contribution is 9.09. The molecule has 21 heavy (non-hydrogen) atoms. The van der Waals surface area contributed by atoms with Crippen LogP contribution in [0.4, 0.5) is 0 Å². The molecule has 1 atom stereocenters. The first-order valence-corrected chi connectivity index (χ1v) is 9.03. The average molecular weight is 353 g/mol. The fourth-order valence-corrected chi connectivity index (χ4v) is 4.44. The highest BCUT2D eigenvalue weighted by atomic mass is 79.9. The van der Waals surface area contributed by atoms with Crippen LogP contribution in [0, 0.1) is 24.2 Å². The van der Waals surface area contributed by atoms with E-state index in [1.54, 1.807) is 7.11 Å². The normalized spacial score (nSPS) is 24.7. The predicted molar refractivity (Wildman–Crippen MR) is 94.3 cm³/mol. The third-order valence-corrected chi connectivity index (χ3v) is 6.42. The maximum Gasteiger partial charge on any atom is 0.121 e. The van der Waals surface area contributed by atoms with E-state index in [0.29, 0.717) is 10.2 Å². The number of hydrogen-bond acceptors (Lipinski definition) is 1. The molecular weight excluding hydrogens is 324 g/mol. The molecule has 0 amide bonds. The summed E-state index contributed by atoms with van der Waals surface area (Å²) in [5.41, 5.74) is 3.08. The molecule has 1 aliphatic carbocycles. The molecule has 0 N–H and O–H groups in total. The molecule has 118 valence electrons. The van der Waals surface area contributed by atoms with Gasteiger partial charge in [-0.3, -0.25) is 0 Å². The van der Waals surface area contributed by atoms with Crippen molar-refractivity contribution in [3.63, 3.8) is 0 Å². The zero-order valence-corrected chi connectivity index (χ0v) is 15.7. The Bertz CT molecular complexity index is 467. The Morgan fingerprint density at radius 3 is 2.24 bits per heavy atom. The fourth-order valence-electron chi connectivity index (χ4n) is 3.62. The Kier molecular flexibility index (Phi) is 5.40. The molecule has 0 aromatic heterocycles. The zero-order valence-electron chi connectivity index (χ0n) is 14.1. The molecule has 2 heteroatoms. The van der Waals surface area contributed by atoms with Crippen molar-refractivity contribution in [2.24, 2.45) is 17.3 Å². The maximum absolute atomic E-state index is 5.36. The number of methoxy groups -OCH3 is 1. The van der Waals surface area contributed by atoms with Gasteiger partial charge in [-0.15, -0.1) is 0 Å². The number of aryl methyl sites for hydroxylation is 1. The monoisotopic (exact) mass is 352 g/mol. The first-order chi connectivity index (χ1) is 9.82. The number of alkyl halides is 1. The molecule has 0 aliphatic heterocycles. The van der Waals surface area contributed by atoms with Crippen molar-refractivity contribution in [1.29, 1.82) is 0 Å². The summed E-state index contributed by atoms with van der Waals surface area (Å²) in [7, 11) is 1.74. The Labute approximate surface area is 138 Å².